The Balaban J connectivity index is 1.11. The normalized spacial score (nSPS) is 37.4. The molecule has 6 rings (SSSR count). The molecule has 4 saturated heterocycles. The predicted octanol–water partition coefficient (Wildman–Crippen LogP) is 4.71. The van der Waals surface area contributed by atoms with Gasteiger partial charge in [0.15, 0.2) is 24.2 Å². The van der Waals surface area contributed by atoms with Crippen LogP contribution < -0.4 is 0 Å². The molecule has 0 saturated carbocycles. The van der Waals surface area contributed by atoms with Crippen molar-refractivity contribution in [3.8, 4) is 0 Å². The van der Waals surface area contributed by atoms with Crippen LogP contribution in [0.1, 0.15) is 52.2 Å². The molecule has 41 heavy (non-hydrogen) atoms. The molecule has 4 heterocycles. The molecule has 0 spiro atoms. The maximum atomic E-state index is 6.44. The lowest BCUT2D eigenvalue weighted by atomic mass is 9.99. The van der Waals surface area contributed by atoms with Crippen LogP contribution in [-0.4, -0.2) is 73.5 Å². The van der Waals surface area contributed by atoms with E-state index in [-0.39, 0.29) is 43.2 Å². The summed E-state index contributed by atoms with van der Waals surface area (Å²) in [5, 5.41) is 0. The molecule has 0 aliphatic carbocycles. The van der Waals surface area contributed by atoms with Gasteiger partial charge in [0.2, 0.25) is 0 Å². The molecule has 4 aliphatic heterocycles. The largest absolute Gasteiger partial charge is 0.371 e. The fourth-order valence-corrected chi connectivity index (χ4v) is 6.09. The third kappa shape index (κ3) is 6.85. The van der Waals surface area contributed by atoms with E-state index in [0.717, 1.165) is 11.1 Å². The van der Waals surface area contributed by atoms with Gasteiger partial charge in [-0.05, 0) is 45.7 Å². The van der Waals surface area contributed by atoms with E-state index in [1.54, 1.807) is 0 Å². The molecule has 0 amide bonds. The van der Waals surface area contributed by atoms with E-state index in [4.69, 9.17) is 42.6 Å². The number of ether oxygens (including phenoxy) is 9. The van der Waals surface area contributed by atoms with E-state index < -0.39 is 30.3 Å². The van der Waals surface area contributed by atoms with Gasteiger partial charge in [-0.1, -0.05) is 60.7 Å². The number of benzene rings is 2. The van der Waals surface area contributed by atoms with Crippen LogP contribution >= 0.6 is 0 Å². The minimum Gasteiger partial charge on any atom is -0.371 e. The van der Waals surface area contributed by atoms with Gasteiger partial charge in [0.1, 0.15) is 30.5 Å². The zero-order valence-corrected chi connectivity index (χ0v) is 24.5. The molecule has 9 atom stereocenters. The average Bonchev–Trinajstić information content (AvgIpc) is 3.44. The topological polar surface area (TPSA) is 83.1 Å². The smallest absolute Gasteiger partial charge is 0.190 e. The van der Waals surface area contributed by atoms with Crippen LogP contribution in [0, 0.1) is 0 Å². The first-order valence-electron chi connectivity index (χ1n) is 14.6. The molecule has 2 aromatic rings. The summed E-state index contributed by atoms with van der Waals surface area (Å²) in [4.78, 5) is 0. The molecular formula is C32H42O9. The van der Waals surface area contributed by atoms with Crippen molar-refractivity contribution in [1.29, 1.82) is 0 Å². The van der Waals surface area contributed by atoms with Gasteiger partial charge >= 0.3 is 0 Å². The van der Waals surface area contributed by atoms with E-state index in [0.29, 0.717) is 19.6 Å². The van der Waals surface area contributed by atoms with Crippen molar-refractivity contribution in [1.82, 2.24) is 0 Å². The zero-order valence-electron chi connectivity index (χ0n) is 24.5. The molecule has 0 bridgehead atoms. The highest BCUT2D eigenvalue weighted by molar-refractivity contribution is 5.14. The Bertz CT molecular complexity index is 1130. The van der Waals surface area contributed by atoms with Crippen LogP contribution in [-0.2, 0) is 55.8 Å². The SMILES string of the molecule is C[C@@H]1O[C@@H](OC[C@H]2O[C@@H]3OC(C)(C)O[C@@H]3[C@H]3OC(C)(C)O[C@H]32)C[C@H](OCc2ccccc2)[C@@H]1OCc1ccccc1. The van der Waals surface area contributed by atoms with Crippen LogP contribution in [0.5, 0.6) is 0 Å². The van der Waals surface area contributed by atoms with Gasteiger partial charge in [-0.2, -0.15) is 0 Å². The van der Waals surface area contributed by atoms with E-state index in [1.165, 1.54) is 0 Å². The first-order chi connectivity index (χ1) is 19.7. The average molecular weight is 571 g/mol. The van der Waals surface area contributed by atoms with E-state index in [1.807, 2.05) is 71.0 Å². The van der Waals surface area contributed by atoms with Gasteiger partial charge in [0, 0.05) is 6.42 Å². The number of hydrogen-bond acceptors (Lipinski definition) is 9. The summed E-state index contributed by atoms with van der Waals surface area (Å²) in [5.74, 6) is -1.54. The molecule has 0 unspecified atom stereocenters. The highest BCUT2D eigenvalue weighted by atomic mass is 16.9. The quantitative estimate of drug-likeness (QED) is 0.426. The maximum absolute atomic E-state index is 6.44. The zero-order chi connectivity index (χ0) is 28.6. The molecule has 9 nitrogen and oxygen atoms in total. The summed E-state index contributed by atoms with van der Waals surface area (Å²) in [6.07, 6.45) is -2.79. The summed E-state index contributed by atoms with van der Waals surface area (Å²) < 4.78 is 56.4. The minimum atomic E-state index is -0.772. The summed E-state index contributed by atoms with van der Waals surface area (Å²) in [7, 11) is 0. The molecule has 4 aliphatic rings. The Morgan fingerprint density at radius 2 is 1.27 bits per heavy atom. The second-order valence-electron chi connectivity index (χ2n) is 12.1. The molecule has 9 heteroatoms. The van der Waals surface area contributed by atoms with Crippen LogP contribution in [0.2, 0.25) is 0 Å². The van der Waals surface area contributed by atoms with E-state index in [9.17, 15) is 0 Å². The lowest BCUT2D eigenvalue weighted by Gasteiger charge is -2.41. The van der Waals surface area contributed by atoms with Crippen LogP contribution in [0.25, 0.3) is 0 Å². The van der Waals surface area contributed by atoms with Crippen LogP contribution in [0.15, 0.2) is 60.7 Å². The Morgan fingerprint density at radius 3 is 1.95 bits per heavy atom. The van der Waals surface area contributed by atoms with Crippen molar-refractivity contribution in [2.24, 2.45) is 0 Å². The van der Waals surface area contributed by atoms with Crippen molar-refractivity contribution in [2.45, 2.75) is 121 Å². The van der Waals surface area contributed by atoms with Gasteiger partial charge in [0.05, 0.1) is 32.0 Å². The number of hydrogen-bond donors (Lipinski definition) is 0. The summed E-state index contributed by atoms with van der Waals surface area (Å²) in [5.41, 5.74) is 2.20. The first-order valence-corrected chi connectivity index (χ1v) is 14.6. The van der Waals surface area contributed by atoms with Crippen LogP contribution in [0.3, 0.4) is 0 Å². The highest BCUT2D eigenvalue weighted by Crippen LogP contribution is 2.44. The Morgan fingerprint density at radius 1 is 0.683 bits per heavy atom. The predicted molar refractivity (Wildman–Crippen MR) is 147 cm³/mol. The molecule has 4 fully saturated rings. The number of fused-ring (bicyclic) bond motifs is 3. The minimum absolute atomic E-state index is 0.227. The maximum Gasteiger partial charge on any atom is 0.190 e. The summed E-state index contributed by atoms with van der Waals surface area (Å²) in [6.45, 7) is 10.7. The van der Waals surface area contributed by atoms with E-state index in [2.05, 4.69) is 24.3 Å². The molecule has 2 aromatic carbocycles. The van der Waals surface area contributed by atoms with Crippen molar-refractivity contribution < 1.29 is 42.6 Å². The highest BCUT2D eigenvalue weighted by Gasteiger charge is 2.60. The summed E-state index contributed by atoms with van der Waals surface area (Å²) >= 11 is 0. The molecular weight excluding hydrogens is 528 g/mol. The molecule has 0 N–H and O–H groups in total. The van der Waals surface area contributed by atoms with Crippen molar-refractivity contribution in [2.75, 3.05) is 6.61 Å². The van der Waals surface area contributed by atoms with Gasteiger partial charge < -0.3 is 42.6 Å². The Hall–Kier alpha value is -1.92. The van der Waals surface area contributed by atoms with Gasteiger partial charge in [-0.25, -0.2) is 0 Å². The third-order valence-electron chi connectivity index (χ3n) is 7.91. The van der Waals surface area contributed by atoms with Gasteiger partial charge in [0.25, 0.3) is 0 Å². The molecule has 0 aromatic heterocycles. The first kappa shape index (κ1) is 29.2. The van der Waals surface area contributed by atoms with Crippen molar-refractivity contribution in [3.63, 3.8) is 0 Å². The fraction of sp³-hybridized carbons (Fsp3) is 0.625. The standard InChI is InChI=1S/C32H42O9/c1-20-26(35-18-22-14-10-7-11-15-22)23(33-17-21-12-8-6-9-13-21)16-25(36-20)34-19-24-27-28(39-31(2,3)38-27)29-30(37-24)41-32(4,5)40-29/h6-15,20,23-30H,16-19H2,1-5H3/t20-,23-,24+,25+,26+,27-,28-,29+,30+/m0/s1. The van der Waals surface area contributed by atoms with Crippen molar-refractivity contribution in [3.05, 3.63) is 71.8 Å². The second kappa shape index (κ2) is 12.0. The second-order valence-corrected chi connectivity index (χ2v) is 12.1. The van der Waals surface area contributed by atoms with E-state index >= 15 is 0 Å². The number of rotatable bonds is 9. The fourth-order valence-electron chi connectivity index (χ4n) is 6.09. The molecule has 224 valence electrons. The lowest BCUT2D eigenvalue weighted by Crippen LogP contribution is -2.57. The molecule has 0 radical (unpaired) electrons. The Labute approximate surface area is 242 Å². The van der Waals surface area contributed by atoms with Crippen molar-refractivity contribution >= 4 is 0 Å². The van der Waals surface area contributed by atoms with Crippen LogP contribution in [0.4, 0.5) is 0 Å². The lowest BCUT2D eigenvalue weighted by molar-refractivity contribution is -0.288. The van der Waals surface area contributed by atoms with Gasteiger partial charge in [-0.3, -0.25) is 0 Å². The third-order valence-corrected chi connectivity index (χ3v) is 7.91. The monoisotopic (exact) mass is 570 g/mol. The Kier molecular flexibility index (Phi) is 8.53. The van der Waals surface area contributed by atoms with Gasteiger partial charge in [-0.15, -0.1) is 0 Å². The summed E-state index contributed by atoms with van der Waals surface area (Å²) in [6, 6.07) is 20.3.